The van der Waals surface area contributed by atoms with Crippen LogP contribution in [0, 0.1) is 6.92 Å². The summed E-state index contributed by atoms with van der Waals surface area (Å²) in [6.07, 6.45) is 0. The molecule has 0 atom stereocenters. The van der Waals surface area contributed by atoms with Crippen LogP contribution in [-0.4, -0.2) is 28.5 Å². The zero-order chi connectivity index (χ0) is 11.5. The fraction of sp³-hybridized carbons (Fsp3) is 0.273. The van der Waals surface area contributed by atoms with Crippen LogP contribution in [0.4, 0.5) is 15.3 Å². The van der Waals surface area contributed by atoms with Crippen molar-refractivity contribution in [3.63, 3.8) is 0 Å². The van der Waals surface area contributed by atoms with Crippen molar-refractivity contribution in [3.05, 3.63) is 29.8 Å². The van der Waals surface area contributed by atoms with Crippen LogP contribution in [0.5, 0.6) is 0 Å². The van der Waals surface area contributed by atoms with Crippen molar-refractivity contribution in [2.24, 2.45) is 0 Å². The second kappa shape index (κ2) is 4.57. The van der Waals surface area contributed by atoms with E-state index in [1.165, 1.54) is 16.7 Å². The van der Waals surface area contributed by atoms with Gasteiger partial charge in [0, 0.05) is 18.0 Å². The number of carbonyl (C=O) groups is 2. The summed E-state index contributed by atoms with van der Waals surface area (Å²) in [5, 5.41) is 2.56. The molecule has 2 rings (SSSR count). The van der Waals surface area contributed by atoms with Gasteiger partial charge in [-0.25, -0.2) is 4.79 Å². The first-order valence-corrected chi connectivity index (χ1v) is 5.98. The average molecular weight is 236 g/mol. The Morgan fingerprint density at radius 2 is 2.19 bits per heavy atom. The lowest BCUT2D eigenvalue weighted by molar-refractivity contribution is 0.213. The van der Waals surface area contributed by atoms with Gasteiger partial charge in [0.25, 0.3) is 5.24 Å². The van der Waals surface area contributed by atoms with Crippen molar-refractivity contribution >= 4 is 28.7 Å². The second-order valence-electron chi connectivity index (χ2n) is 3.51. The van der Waals surface area contributed by atoms with Crippen LogP contribution in [0.15, 0.2) is 24.3 Å². The average Bonchev–Trinajstić information content (AvgIpc) is 2.68. The SMILES string of the molecule is Cc1ccccc1NC(=O)N1CCSC1=O. The fourth-order valence-corrected chi connectivity index (χ4v) is 2.25. The van der Waals surface area contributed by atoms with Crippen molar-refractivity contribution in [1.82, 2.24) is 4.90 Å². The zero-order valence-corrected chi connectivity index (χ0v) is 9.71. The van der Waals surface area contributed by atoms with Gasteiger partial charge in [-0.1, -0.05) is 30.0 Å². The molecular formula is C11H12N2O2S. The highest BCUT2D eigenvalue weighted by Crippen LogP contribution is 2.20. The van der Waals surface area contributed by atoms with E-state index in [1.54, 1.807) is 0 Å². The van der Waals surface area contributed by atoms with Crippen LogP contribution in [0.25, 0.3) is 0 Å². The molecule has 5 heteroatoms. The first kappa shape index (κ1) is 11.0. The number of thioether (sulfide) groups is 1. The molecule has 0 unspecified atom stereocenters. The van der Waals surface area contributed by atoms with Crippen LogP contribution in [0.3, 0.4) is 0 Å². The summed E-state index contributed by atoms with van der Waals surface area (Å²) in [6.45, 7) is 2.40. The van der Waals surface area contributed by atoms with Crippen molar-refractivity contribution in [2.75, 3.05) is 17.6 Å². The minimum Gasteiger partial charge on any atom is -0.307 e. The minimum absolute atomic E-state index is 0.175. The number of nitrogens with one attached hydrogen (secondary N) is 1. The molecule has 0 spiro atoms. The second-order valence-corrected chi connectivity index (χ2v) is 4.56. The minimum atomic E-state index is -0.343. The quantitative estimate of drug-likeness (QED) is 0.815. The van der Waals surface area contributed by atoms with Gasteiger partial charge in [-0.2, -0.15) is 0 Å². The Bertz CT molecular complexity index is 434. The number of rotatable bonds is 1. The predicted octanol–water partition coefficient (Wildman–Crippen LogP) is 2.70. The Labute approximate surface area is 98.0 Å². The van der Waals surface area contributed by atoms with Gasteiger partial charge in [0.1, 0.15) is 0 Å². The lowest BCUT2D eigenvalue weighted by Gasteiger charge is -2.14. The fourth-order valence-electron chi connectivity index (χ4n) is 1.47. The molecule has 1 aromatic carbocycles. The summed E-state index contributed by atoms with van der Waals surface area (Å²) in [4.78, 5) is 24.3. The number of para-hydroxylation sites is 1. The monoisotopic (exact) mass is 236 g/mol. The van der Waals surface area contributed by atoms with Gasteiger partial charge in [-0.15, -0.1) is 0 Å². The Hall–Kier alpha value is -1.49. The Balaban J connectivity index is 2.08. The molecule has 0 aromatic heterocycles. The number of hydrogen-bond donors (Lipinski definition) is 1. The van der Waals surface area contributed by atoms with Crippen LogP contribution in [0.2, 0.25) is 0 Å². The number of imide groups is 1. The Kier molecular flexibility index (Phi) is 3.14. The summed E-state index contributed by atoms with van der Waals surface area (Å²) >= 11 is 1.17. The topological polar surface area (TPSA) is 49.4 Å². The highest BCUT2D eigenvalue weighted by atomic mass is 32.2. The summed E-state index contributed by atoms with van der Waals surface area (Å²) in [5.41, 5.74) is 1.73. The van der Waals surface area contributed by atoms with Gasteiger partial charge in [-0.3, -0.25) is 9.69 Å². The van der Waals surface area contributed by atoms with Gasteiger partial charge in [0.2, 0.25) is 0 Å². The molecule has 4 nitrogen and oxygen atoms in total. The maximum Gasteiger partial charge on any atom is 0.329 e. The van der Waals surface area contributed by atoms with Gasteiger partial charge in [0.15, 0.2) is 0 Å². The number of urea groups is 1. The van der Waals surface area contributed by atoms with Crippen molar-refractivity contribution in [1.29, 1.82) is 0 Å². The molecule has 0 aliphatic carbocycles. The maximum absolute atomic E-state index is 11.8. The first-order chi connectivity index (χ1) is 7.68. The van der Waals surface area contributed by atoms with Gasteiger partial charge < -0.3 is 5.32 Å². The molecule has 0 bridgehead atoms. The molecule has 0 radical (unpaired) electrons. The Morgan fingerprint density at radius 1 is 1.44 bits per heavy atom. The predicted molar refractivity (Wildman–Crippen MR) is 64.8 cm³/mol. The molecule has 1 saturated heterocycles. The smallest absolute Gasteiger partial charge is 0.307 e. The lowest BCUT2D eigenvalue weighted by Crippen LogP contribution is -2.34. The first-order valence-electron chi connectivity index (χ1n) is 4.99. The van der Waals surface area contributed by atoms with E-state index in [9.17, 15) is 9.59 Å². The van der Waals surface area contributed by atoms with Crippen molar-refractivity contribution < 1.29 is 9.59 Å². The number of nitrogens with zero attached hydrogens (tertiary/aromatic N) is 1. The molecule has 1 aromatic rings. The number of amides is 3. The zero-order valence-electron chi connectivity index (χ0n) is 8.90. The van der Waals surface area contributed by atoms with E-state index in [1.807, 2.05) is 31.2 Å². The Morgan fingerprint density at radius 3 is 2.81 bits per heavy atom. The standard InChI is InChI=1S/C11H12N2O2S/c1-8-4-2-3-5-9(8)12-10(14)13-6-7-16-11(13)15/h2-5H,6-7H2,1H3,(H,12,14). The molecule has 84 valence electrons. The largest absolute Gasteiger partial charge is 0.329 e. The number of carbonyl (C=O) groups excluding carboxylic acids is 2. The van der Waals surface area contributed by atoms with Gasteiger partial charge in [-0.05, 0) is 18.6 Å². The van der Waals surface area contributed by atoms with Crippen LogP contribution in [-0.2, 0) is 0 Å². The van der Waals surface area contributed by atoms with E-state index >= 15 is 0 Å². The molecule has 16 heavy (non-hydrogen) atoms. The number of anilines is 1. The van der Waals surface area contributed by atoms with Gasteiger partial charge >= 0.3 is 6.03 Å². The van der Waals surface area contributed by atoms with E-state index < -0.39 is 0 Å². The third kappa shape index (κ3) is 2.19. The summed E-state index contributed by atoms with van der Waals surface area (Å²) in [5.74, 6) is 0.681. The van der Waals surface area contributed by atoms with E-state index in [4.69, 9.17) is 0 Å². The van der Waals surface area contributed by atoms with Crippen molar-refractivity contribution in [2.45, 2.75) is 6.92 Å². The molecule has 3 amide bonds. The number of aryl methyl sites for hydroxylation is 1. The van der Waals surface area contributed by atoms with Crippen LogP contribution < -0.4 is 5.32 Å². The van der Waals surface area contributed by atoms with E-state index in [0.29, 0.717) is 12.3 Å². The van der Waals surface area contributed by atoms with Crippen LogP contribution >= 0.6 is 11.8 Å². The maximum atomic E-state index is 11.8. The molecule has 1 N–H and O–H groups in total. The highest BCUT2D eigenvalue weighted by molar-refractivity contribution is 8.13. The van der Waals surface area contributed by atoms with E-state index in [2.05, 4.69) is 5.32 Å². The van der Waals surface area contributed by atoms with Crippen molar-refractivity contribution in [3.8, 4) is 0 Å². The summed E-state index contributed by atoms with van der Waals surface area (Å²) in [6, 6.07) is 7.14. The molecular weight excluding hydrogens is 224 g/mol. The molecule has 1 heterocycles. The summed E-state index contributed by atoms with van der Waals surface area (Å²) < 4.78 is 0. The third-order valence-corrected chi connectivity index (χ3v) is 3.25. The lowest BCUT2D eigenvalue weighted by atomic mass is 10.2. The number of hydrogen-bond acceptors (Lipinski definition) is 3. The van der Waals surface area contributed by atoms with Crippen LogP contribution in [0.1, 0.15) is 5.56 Å². The molecule has 0 saturated carbocycles. The molecule has 1 fully saturated rings. The summed E-state index contributed by atoms with van der Waals surface area (Å²) in [7, 11) is 0. The van der Waals surface area contributed by atoms with E-state index in [0.717, 1.165) is 11.3 Å². The molecule has 1 aliphatic rings. The molecule has 1 aliphatic heterocycles. The highest BCUT2D eigenvalue weighted by Gasteiger charge is 2.27. The third-order valence-electron chi connectivity index (χ3n) is 2.39. The normalized spacial score (nSPS) is 15.3. The van der Waals surface area contributed by atoms with E-state index in [-0.39, 0.29) is 11.3 Å². The number of benzene rings is 1. The van der Waals surface area contributed by atoms with Gasteiger partial charge in [0.05, 0.1) is 0 Å².